The molecule has 156 valence electrons. The molecule has 2 bridgehead atoms. The highest BCUT2D eigenvalue weighted by atomic mass is 19.4. The van der Waals surface area contributed by atoms with Gasteiger partial charge in [0.2, 0.25) is 0 Å². The molecular weight excluding hydrogens is 394 g/mol. The number of likely N-dealkylation sites (N-methyl/N-ethyl adjacent to an activating group) is 1. The summed E-state index contributed by atoms with van der Waals surface area (Å²) in [5, 5.41) is 0. The van der Waals surface area contributed by atoms with Crippen molar-refractivity contribution in [2.24, 2.45) is 0 Å². The highest BCUT2D eigenvalue weighted by Gasteiger charge is 2.51. The first kappa shape index (κ1) is 20.2. The highest BCUT2D eigenvalue weighted by molar-refractivity contribution is 5.33. The third kappa shape index (κ3) is 3.64. The van der Waals surface area contributed by atoms with Crippen LogP contribution in [-0.2, 0) is 12.4 Å². The lowest BCUT2D eigenvalue weighted by molar-refractivity contribution is -0.958. The van der Waals surface area contributed by atoms with Gasteiger partial charge in [-0.05, 0) is 29.8 Å². The molecule has 29 heavy (non-hydrogen) atoms. The van der Waals surface area contributed by atoms with E-state index >= 15 is 0 Å². The third-order valence-electron chi connectivity index (χ3n) is 6.32. The summed E-state index contributed by atoms with van der Waals surface area (Å²) >= 11 is 0. The van der Waals surface area contributed by atoms with Crippen LogP contribution in [0.25, 0.3) is 0 Å². The molecule has 0 aliphatic carbocycles. The molecule has 3 heterocycles. The van der Waals surface area contributed by atoms with E-state index < -0.39 is 23.5 Å². The number of benzene rings is 2. The second-order valence-corrected chi connectivity index (χ2v) is 8.09. The fraction of sp³-hybridized carbons (Fsp3) is 0.429. The van der Waals surface area contributed by atoms with Crippen molar-refractivity contribution in [1.29, 1.82) is 0 Å². The average molecular weight is 415 g/mol. The number of hydrogen-bond acceptors (Lipinski definition) is 1. The Bertz CT molecular complexity index is 862. The maximum Gasteiger partial charge on any atom is 0.416 e. The van der Waals surface area contributed by atoms with Crippen molar-refractivity contribution in [3.8, 4) is 0 Å². The molecule has 2 aromatic rings. The summed E-state index contributed by atoms with van der Waals surface area (Å²) in [4.78, 5) is 2.23. The van der Waals surface area contributed by atoms with Crippen molar-refractivity contribution in [3.63, 3.8) is 0 Å². The van der Waals surface area contributed by atoms with Gasteiger partial charge in [-0.2, -0.15) is 26.3 Å². The largest absolute Gasteiger partial charge is 0.416 e. The molecule has 0 saturated carbocycles. The number of fused-ring (bicyclic) bond motifs is 3. The molecule has 2 aromatic carbocycles. The van der Waals surface area contributed by atoms with Crippen LogP contribution in [0.15, 0.2) is 48.5 Å². The van der Waals surface area contributed by atoms with Gasteiger partial charge in [-0.3, -0.25) is 4.90 Å². The van der Waals surface area contributed by atoms with E-state index in [4.69, 9.17) is 0 Å². The van der Waals surface area contributed by atoms with Crippen LogP contribution in [-0.4, -0.2) is 42.6 Å². The molecule has 0 N–H and O–H groups in total. The topological polar surface area (TPSA) is 3.24 Å². The van der Waals surface area contributed by atoms with E-state index in [0.29, 0.717) is 4.48 Å². The number of halogens is 6. The molecular formula is C21H21F6N2+. The van der Waals surface area contributed by atoms with Crippen LogP contribution in [0, 0.1) is 0 Å². The number of quaternary nitrogens is 1. The highest BCUT2D eigenvalue weighted by Crippen LogP contribution is 2.48. The molecule has 0 amide bonds. The average Bonchev–Trinajstić information content (AvgIpc) is 2.66. The van der Waals surface area contributed by atoms with Crippen molar-refractivity contribution in [1.82, 2.24) is 4.90 Å². The van der Waals surface area contributed by atoms with Crippen LogP contribution in [0.1, 0.15) is 34.3 Å². The molecule has 8 heteroatoms. The normalized spacial score (nSPS) is 29.8. The summed E-state index contributed by atoms with van der Waals surface area (Å²) in [6, 6.07) is 10.0. The minimum atomic E-state index is -4.40. The Kier molecular flexibility index (Phi) is 4.70. The van der Waals surface area contributed by atoms with Gasteiger partial charge in [0.15, 0.2) is 0 Å². The van der Waals surface area contributed by atoms with E-state index in [1.54, 1.807) is 0 Å². The molecule has 0 spiro atoms. The van der Waals surface area contributed by atoms with Crippen LogP contribution in [0.5, 0.6) is 0 Å². The quantitative estimate of drug-likeness (QED) is 0.476. The lowest BCUT2D eigenvalue weighted by atomic mass is 9.84. The molecule has 0 aromatic heterocycles. The lowest BCUT2D eigenvalue weighted by Crippen LogP contribution is -2.67. The maximum absolute atomic E-state index is 13.0. The van der Waals surface area contributed by atoms with Gasteiger partial charge in [0, 0.05) is 18.7 Å². The summed E-state index contributed by atoms with van der Waals surface area (Å²) < 4.78 is 78.4. The molecule has 3 aliphatic heterocycles. The van der Waals surface area contributed by atoms with Gasteiger partial charge in [-0.25, -0.2) is 0 Å². The fourth-order valence-corrected chi connectivity index (χ4v) is 4.71. The number of alkyl halides is 6. The van der Waals surface area contributed by atoms with E-state index in [9.17, 15) is 26.3 Å². The molecule has 2 nitrogen and oxygen atoms in total. The molecule has 5 rings (SSSR count). The number of hydrogen-bond donors (Lipinski definition) is 0. The first-order valence-corrected chi connectivity index (χ1v) is 9.42. The summed E-state index contributed by atoms with van der Waals surface area (Å²) in [5.41, 5.74) is 0.122. The van der Waals surface area contributed by atoms with Crippen LogP contribution in [0.4, 0.5) is 26.3 Å². The van der Waals surface area contributed by atoms with Crippen LogP contribution >= 0.6 is 0 Å². The Balaban J connectivity index is 1.73. The lowest BCUT2D eigenvalue weighted by Gasteiger charge is -2.58. The van der Waals surface area contributed by atoms with E-state index in [-0.39, 0.29) is 12.1 Å². The Morgan fingerprint density at radius 1 is 0.724 bits per heavy atom. The minimum Gasteiger partial charge on any atom is -0.316 e. The smallest absolute Gasteiger partial charge is 0.316 e. The summed E-state index contributed by atoms with van der Waals surface area (Å²) in [5.74, 6) is 0. The van der Waals surface area contributed by atoms with Gasteiger partial charge in [-0.15, -0.1) is 0 Å². The van der Waals surface area contributed by atoms with Crippen LogP contribution in [0.2, 0.25) is 0 Å². The molecule has 0 unspecified atom stereocenters. The maximum atomic E-state index is 13.0. The first-order valence-electron chi connectivity index (χ1n) is 9.42. The van der Waals surface area contributed by atoms with Crippen molar-refractivity contribution < 1.29 is 30.8 Å². The summed E-state index contributed by atoms with van der Waals surface area (Å²) in [6.45, 7) is 3.31. The van der Waals surface area contributed by atoms with Gasteiger partial charge < -0.3 is 4.48 Å². The second kappa shape index (κ2) is 6.74. The zero-order valence-electron chi connectivity index (χ0n) is 15.8. The Labute approximate surface area is 164 Å². The molecule has 3 saturated heterocycles. The minimum absolute atomic E-state index is 0.142. The molecule has 2 atom stereocenters. The Morgan fingerprint density at radius 3 is 1.55 bits per heavy atom. The van der Waals surface area contributed by atoms with Crippen molar-refractivity contribution in [2.75, 3.05) is 33.2 Å². The summed E-state index contributed by atoms with van der Waals surface area (Å²) in [7, 11) is 2.08. The SMILES string of the molecule is C[N+]12CCN(CC1)[C@@H](c1ccc(C(F)(F)F)cc1)[C@H]2c1ccc(C(F)(F)F)cc1. The van der Waals surface area contributed by atoms with E-state index in [0.717, 1.165) is 61.6 Å². The van der Waals surface area contributed by atoms with Gasteiger partial charge in [0.1, 0.15) is 6.04 Å². The monoisotopic (exact) mass is 415 g/mol. The number of nitrogens with zero attached hydrogens (tertiary/aromatic N) is 2. The van der Waals surface area contributed by atoms with Crippen LogP contribution in [0.3, 0.4) is 0 Å². The van der Waals surface area contributed by atoms with E-state index in [1.807, 2.05) is 0 Å². The summed E-state index contributed by atoms with van der Waals surface area (Å²) in [6.07, 6.45) is -8.81. The standard InChI is InChI=1S/C21H21F6N2/c1-29-12-10-28(11-13-29)18(14-2-6-16(7-3-14)20(22,23)24)19(29)15-4-8-17(9-5-15)21(25,26)27/h2-9,18-19H,10-13H2,1H3/q+1/t18-,19+/m0/s1. The van der Waals surface area contributed by atoms with E-state index in [1.165, 1.54) is 24.3 Å². The second-order valence-electron chi connectivity index (χ2n) is 8.09. The zero-order valence-corrected chi connectivity index (χ0v) is 15.8. The fourth-order valence-electron chi connectivity index (χ4n) is 4.71. The molecule has 3 aliphatic rings. The van der Waals surface area contributed by atoms with Gasteiger partial charge in [0.05, 0.1) is 37.3 Å². The molecule has 3 fully saturated rings. The molecule has 0 radical (unpaired) electrons. The van der Waals surface area contributed by atoms with Gasteiger partial charge in [0.25, 0.3) is 0 Å². The Morgan fingerprint density at radius 2 is 1.14 bits per heavy atom. The van der Waals surface area contributed by atoms with Crippen molar-refractivity contribution in [2.45, 2.75) is 24.4 Å². The first-order chi connectivity index (χ1) is 13.5. The third-order valence-corrected chi connectivity index (χ3v) is 6.32. The predicted octanol–water partition coefficient (Wildman–Crippen LogP) is 5.28. The van der Waals surface area contributed by atoms with Gasteiger partial charge >= 0.3 is 12.4 Å². The van der Waals surface area contributed by atoms with E-state index in [2.05, 4.69) is 11.9 Å². The van der Waals surface area contributed by atoms with Crippen molar-refractivity contribution >= 4 is 0 Å². The predicted molar refractivity (Wildman–Crippen MR) is 95.9 cm³/mol. The zero-order chi connectivity index (χ0) is 21.0. The van der Waals surface area contributed by atoms with Crippen LogP contribution < -0.4 is 0 Å². The number of rotatable bonds is 2. The Hall–Kier alpha value is -2.06. The van der Waals surface area contributed by atoms with Crippen molar-refractivity contribution in [3.05, 3.63) is 70.8 Å². The van der Waals surface area contributed by atoms with Gasteiger partial charge in [-0.1, -0.05) is 24.3 Å². The number of piperazine rings is 3.